The zero-order chi connectivity index (χ0) is 9.97. The molecule has 1 aliphatic heterocycles. The van der Waals surface area contributed by atoms with Gasteiger partial charge in [0.2, 0.25) is 0 Å². The van der Waals surface area contributed by atoms with Crippen LogP contribution in [0.25, 0.3) is 0 Å². The fraction of sp³-hybridized carbons (Fsp3) is 0.727. The number of hydrogen-bond acceptors (Lipinski definition) is 2. The number of aromatic nitrogens is 2. The van der Waals surface area contributed by atoms with Gasteiger partial charge in [-0.3, -0.25) is 0 Å². The van der Waals surface area contributed by atoms with Gasteiger partial charge >= 0.3 is 0 Å². The first-order valence-corrected chi connectivity index (χ1v) is 5.45. The van der Waals surface area contributed by atoms with E-state index in [1.807, 2.05) is 6.20 Å². The Kier molecular flexibility index (Phi) is 2.87. The number of imidazole rings is 1. The summed E-state index contributed by atoms with van der Waals surface area (Å²) in [5.74, 6) is 1.92. The molecule has 1 unspecified atom stereocenters. The van der Waals surface area contributed by atoms with E-state index in [2.05, 4.69) is 16.5 Å². The summed E-state index contributed by atoms with van der Waals surface area (Å²) in [5, 5.41) is 8.78. The summed E-state index contributed by atoms with van der Waals surface area (Å²) in [6.07, 6.45) is 6.17. The van der Waals surface area contributed by atoms with Gasteiger partial charge in [-0.05, 0) is 25.2 Å². The molecule has 1 N–H and O–H groups in total. The Labute approximate surface area is 84.8 Å². The van der Waals surface area contributed by atoms with E-state index in [9.17, 15) is 0 Å². The molecule has 3 heteroatoms. The lowest BCUT2D eigenvalue weighted by atomic mass is 10.0. The lowest BCUT2D eigenvalue weighted by molar-refractivity contribution is 0.285. The van der Waals surface area contributed by atoms with Crippen LogP contribution in [0.2, 0.25) is 0 Å². The van der Waals surface area contributed by atoms with E-state index in [4.69, 9.17) is 5.11 Å². The molecule has 1 aromatic rings. The van der Waals surface area contributed by atoms with E-state index in [-0.39, 0.29) is 6.61 Å². The van der Waals surface area contributed by atoms with Gasteiger partial charge < -0.3 is 9.67 Å². The second kappa shape index (κ2) is 4.13. The molecule has 0 spiro atoms. The van der Waals surface area contributed by atoms with Crippen molar-refractivity contribution in [2.45, 2.75) is 39.2 Å². The molecule has 78 valence electrons. The van der Waals surface area contributed by atoms with Gasteiger partial charge in [-0.15, -0.1) is 0 Å². The highest BCUT2D eigenvalue weighted by Gasteiger charge is 2.17. The van der Waals surface area contributed by atoms with Gasteiger partial charge in [0.05, 0.1) is 0 Å². The summed E-state index contributed by atoms with van der Waals surface area (Å²) < 4.78 is 2.34. The predicted molar refractivity (Wildman–Crippen MR) is 55.1 cm³/mol. The molecule has 1 aromatic heterocycles. The molecule has 0 saturated heterocycles. The van der Waals surface area contributed by atoms with Crippen LogP contribution in [0.5, 0.6) is 0 Å². The van der Waals surface area contributed by atoms with Gasteiger partial charge in [-0.25, -0.2) is 4.98 Å². The number of aryl methyl sites for hydroxylation is 2. The van der Waals surface area contributed by atoms with Crippen molar-refractivity contribution < 1.29 is 5.11 Å². The number of nitrogens with zero attached hydrogens (tertiary/aromatic N) is 2. The average molecular weight is 194 g/mol. The summed E-state index contributed by atoms with van der Waals surface area (Å²) >= 11 is 0. The fourth-order valence-electron chi connectivity index (χ4n) is 2.11. The van der Waals surface area contributed by atoms with Crippen molar-refractivity contribution in [3.05, 3.63) is 17.7 Å². The van der Waals surface area contributed by atoms with E-state index in [0.717, 1.165) is 37.5 Å². The molecule has 0 bridgehead atoms. The Bertz CT molecular complexity index is 306. The molecule has 2 rings (SSSR count). The van der Waals surface area contributed by atoms with Gasteiger partial charge in [0.15, 0.2) is 0 Å². The molecular weight excluding hydrogens is 176 g/mol. The molecule has 1 aliphatic rings. The fourth-order valence-corrected chi connectivity index (χ4v) is 2.11. The zero-order valence-electron chi connectivity index (χ0n) is 8.74. The Balaban J connectivity index is 2.13. The van der Waals surface area contributed by atoms with Crippen LogP contribution >= 0.6 is 0 Å². The van der Waals surface area contributed by atoms with Gasteiger partial charge in [-0.2, -0.15) is 0 Å². The van der Waals surface area contributed by atoms with E-state index >= 15 is 0 Å². The highest BCUT2D eigenvalue weighted by atomic mass is 16.2. The molecule has 0 saturated carbocycles. The molecule has 3 nitrogen and oxygen atoms in total. The minimum absolute atomic E-state index is 0.262. The molecule has 1 atom stereocenters. The predicted octanol–water partition coefficient (Wildman–Crippen LogP) is 1.39. The molecular formula is C11H18N2O. The van der Waals surface area contributed by atoms with Gasteiger partial charge in [0.1, 0.15) is 5.82 Å². The van der Waals surface area contributed by atoms with Crippen LogP contribution in [0.4, 0.5) is 0 Å². The Morgan fingerprint density at radius 1 is 1.64 bits per heavy atom. The van der Waals surface area contributed by atoms with Crippen molar-refractivity contribution in [2.24, 2.45) is 5.92 Å². The molecule has 2 heterocycles. The van der Waals surface area contributed by atoms with Crippen molar-refractivity contribution in [2.75, 3.05) is 6.61 Å². The SMILES string of the molecule is CC1CCc2cnc(CCCO)n2C1. The summed E-state index contributed by atoms with van der Waals surface area (Å²) in [7, 11) is 0. The van der Waals surface area contributed by atoms with E-state index in [1.54, 1.807) is 0 Å². The van der Waals surface area contributed by atoms with Crippen LogP contribution in [0.3, 0.4) is 0 Å². The third kappa shape index (κ3) is 1.82. The van der Waals surface area contributed by atoms with Crippen molar-refractivity contribution in [1.29, 1.82) is 0 Å². The normalized spacial score (nSPS) is 20.9. The van der Waals surface area contributed by atoms with Crippen LogP contribution < -0.4 is 0 Å². The Morgan fingerprint density at radius 3 is 3.29 bits per heavy atom. The maximum Gasteiger partial charge on any atom is 0.108 e. The van der Waals surface area contributed by atoms with Crippen molar-refractivity contribution in [1.82, 2.24) is 9.55 Å². The minimum Gasteiger partial charge on any atom is -0.396 e. The number of aliphatic hydroxyl groups is 1. The quantitative estimate of drug-likeness (QED) is 0.789. The van der Waals surface area contributed by atoms with Crippen molar-refractivity contribution in [3.8, 4) is 0 Å². The van der Waals surface area contributed by atoms with Crippen molar-refractivity contribution >= 4 is 0 Å². The number of aliphatic hydroxyl groups excluding tert-OH is 1. The lowest BCUT2D eigenvalue weighted by Crippen LogP contribution is -2.19. The maximum absolute atomic E-state index is 8.78. The lowest BCUT2D eigenvalue weighted by Gasteiger charge is -2.22. The first kappa shape index (κ1) is 9.71. The Hall–Kier alpha value is -0.830. The largest absolute Gasteiger partial charge is 0.396 e. The van der Waals surface area contributed by atoms with E-state index < -0.39 is 0 Å². The first-order chi connectivity index (χ1) is 6.81. The minimum atomic E-state index is 0.262. The summed E-state index contributed by atoms with van der Waals surface area (Å²) in [6.45, 7) is 3.66. The second-order valence-corrected chi connectivity index (χ2v) is 4.25. The monoisotopic (exact) mass is 194 g/mol. The molecule has 0 amide bonds. The van der Waals surface area contributed by atoms with Crippen LogP contribution in [-0.2, 0) is 19.4 Å². The maximum atomic E-state index is 8.78. The summed E-state index contributed by atoms with van der Waals surface area (Å²) in [4.78, 5) is 4.42. The zero-order valence-corrected chi connectivity index (χ0v) is 8.74. The number of fused-ring (bicyclic) bond motifs is 1. The third-order valence-electron chi connectivity index (χ3n) is 2.97. The molecule has 0 radical (unpaired) electrons. The molecule has 0 aliphatic carbocycles. The van der Waals surface area contributed by atoms with Crippen molar-refractivity contribution in [3.63, 3.8) is 0 Å². The van der Waals surface area contributed by atoms with E-state index in [1.165, 1.54) is 12.1 Å². The van der Waals surface area contributed by atoms with Gasteiger partial charge in [0, 0.05) is 31.5 Å². The van der Waals surface area contributed by atoms with Crippen LogP contribution in [-0.4, -0.2) is 21.3 Å². The van der Waals surface area contributed by atoms with Crippen LogP contribution in [0.15, 0.2) is 6.20 Å². The average Bonchev–Trinajstić information content (AvgIpc) is 2.57. The number of hydrogen-bond donors (Lipinski definition) is 1. The highest BCUT2D eigenvalue weighted by molar-refractivity contribution is 5.08. The van der Waals surface area contributed by atoms with Crippen LogP contribution in [0, 0.1) is 5.92 Å². The van der Waals surface area contributed by atoms with Crippen LogP contribution in [0.1, 0.15) is 31.3 Å². The van der Waals surface area contributed by atoms with E-state index in [0.29, 0.717) is 0 Å². The first-order valence-electron chi connectivity index (χ1n) is 5.45. The smallest absolute Gasteiger partial charge is 0.108 e. The Morgan fingerprint density at radius 2 is 2.50 bits per heavy atom. The topological polar surface area (TPSA) is 38.1 Å². The molecule has 14 heavy (non-hydrogen) atoms. The number of rotatable bonds is 3. The van der Waals surface area contributed by atoms with Gasteiger partial charge in [0.25, 0.3) is 0 Å². The highest BCUT2D eigenvalue weighted by Crippen LogP contribution is 2.21. The molecule has 0 fully saturated rings. The second-order valence-electron chi connectivity index (χ2n) is 4.25. The van der Waals surface area contributed by atoms with Gasteiger partial charge in [-0.1, -0.05) is 6.92 Å². The third-order valence-corrected chi connectivity index (χ3v) is 2.97. The summed E-state index contributed by atoms with van der Waals surface area (Å²) in [5.41, 5.74) is 1.37. The summed E-state index contributed by atoms with van der Waals surface area (Å²) in [6, 6.07) is 0. The molecule has 0 aromatic carbocycles. The standard InChI is InChI=1S/C11H18N2O/c1-9-4-5-10-7-12-11(3-2-6-14)13(10)8-9/h7,9,14H,2-6,8H2,1H3.